The molecule has 7 heteroatoms. The summed E-state index contributed by atoms with van der Waals surface area (Å²) in [4.78, 5) is 47.2. The molecule has 3 amide bonds. The SMILES string of the molecule is Cc1ccccc1[C@]1(CC(=O)N(C)C[C@H]2CCCCO2)CC(=O)N(Cc2ccncc2)C1=O. The average molecular weight is 450 g/mol. The summed E-state index contributed by atoms with van der Waals surface area (Å²) < 4.78 is 5.79. The summed E-state index contributed by atoms with van der Waals surface area (Å²) in [7, 11) is 1.75. The Kier molecular flexibility index (Phi) is 6.88. The van der Waals surface area contributed by atoms with Gasteiger partial charge in [-0.15, -0.1) is 0 Å². The molecule has 2 aliphatic heterocycles. The number of likely N-dealkylation sites (tertiary alicyclic amines) is 1. The maximum Gasteiger partial charge on any atom is 0.241 e. The highest BCUT2D eigenvalue weighted by atomic mass is 16.5. The minimum atomic E-state index is -1.20. The lowest BCUT2D eigenvalue weighted by molar-refractivity contribution is -0.143. The molecule has 2 saturated heterocycles. The first kappa shape index (κ1) is 23.1. The molecule has 1 aromatic carbocycles. The molecule has 2 aliphatic rings. The molecule has 2 atom stereocenters. The van der Waals surface area contributed by atoms with Crippen molar-refractivity contribution in [2.75, 3.05) is 20.2 Å². The second-order valence-corrected chi connectivity index (χ2v) is 9.15. The third-order valence-electron chi connectivity index (χ3n) is 6.79. The highest BCUT2D eigenvalue weighted by Crippen LogP contribution is 2.42. The van der Waals surface area contributed by atoms with Crippen LogP contribution in [0, 0.1) is 6.92 Å². The van der Waals surface area contributed by atoms with Crippen LogP contribution in [0.1, 0.15) is 48.8 Å². The number of benzene rings is 1. The van der Waals surface area contributed by atoms with Crippen molar-refractivity contribution >= 4 is 17.7 Å². The van der Waals surface area contributed by atoms with Crippen LogP contribution in [0.25, 0.3) is 0 Å². The van der Waals surface area contributed by atoms with Gasteiger partial charge in [0, 0.05) is 45.4 Å². The number of hydrogen-bond acceptors (Lipinski definition) is 5. The summed E-state index contributed by atoms with van der Waals surface area (Å²) in [6, 6.07) is 11.1. The van der Waals surface area contributed by atoms with Crippen LogP contribution < -0.4 is 0 Å². The van der Waals surface area contributed by atoms with E-state index in [1.807, 2.05) is 31.2 Å². The molecule has 7 nitrogen and oxygen atoms in total. The van der Waals surface area contributed by atoms with Crippen LogP contribution in [0.3, 0.4) is 0 Å². The van der Waals surface area contributed by atoms with E-state index in [1.54, 1.807) is 36.5 Å². The topological polar surface area (TPSA) is 79.8 Å². The molecule has 0 radical (unpaired) electrons. The van der Waals surface area contributed by atoms with E-state index in [-0.39, 0.29) is 43.2 Å². The molecule has 0 aliphatic carbocycles. The van der Waals surface area contributed by atoms with E-state index in [0.717, 1.165) is 42.6 Å². The van der Waals surface area contributed by atoms with Crippen LogP contribution >= 0.6 is 0 Å². The highest BCUT2D eigenvalue weighted by Gasteiger charge is 2.54. The number of imide groups is 1. The number of amides is 3. The predicted octanol–water partition coefficient (Wildman–Crippen LogP) is 3.00. The van der Waals surface area contributed by atoms with E-state index in [4.69, 9.17) is 4.74 Å². The Balaban J connectivity index is 1.61. The molecule has 174 valence electrons. The minimum absolute atomic E-state index is 0.0126. The molecule has 3 heterocycles. The number of ether oxygens (including phenoxy) is 1. The molecule has 0 saturated carbocycles. The molecule has 0 N–H and O–H groups in total. The second kappa shape index (κ2) is 9.83. The van der Waals surface area contributed by atoms with Gasteiger partial charge in [0.15, 0.2) is 0 Å². The minimum Gasteiger partial charge on any atom is -0.376 e. The van der Waals surface area contributed by atoms with Crippen molar-refractivity contribution < 1.29 is 19.1 Å². The fourth-order valence-electron chi connectivity index (χ4n) is 4.94. The fourth-order valence-corrected chi connectivity index (χ4v) is 4.94. The molecule has 2 aromatic rings. The third-order valence-corrected chi connectivity index (χ3v) is 6.79. The molecule has 2 fully saturated rings. The Bertz CT molecular complexity index is 1020. The van der Waals surface area contributed by atoms with Crippen molar-refractivity contribution in [3.8, 4) is 0 Å². The van der Waals surface area contributed by atoms with Crippen molar-refractivity contribution in [2.24, 2.45) is 0 Å². The summed E-state index contributed by atoms with van der Waals surface area (Å²) in [5, 5.41) is 0. The van der Waals surface area contributed by atoms with Crippen molar-refractivity contribution in [1.29, 1.82) is 0 Å². The maximum atomic E-state index is 13.8. The van der Waals surface area contributed by atoms with E-state index >= 15 is 0 Å². The lowest BCUT2D eigenvalue weighted by Crippen LogP contribution is -2.44. The van der Waals surface area contributed by atoms with E-state index in [9.17, 15) is 14.4 Å². The molecule has 33 heavy (non-hydrogen) atoms. The van der Waals surface area contributed by atoms with Crippen LogP contribution in [0.4, 0.5) is 0 Å². The van der Waals surface area contributed by atoms with Gasteiger partial charge in [0.1, 0.15) is 0 Å². The van der Waals surface area contributed by atoms with Crippen LogP contribution in [0.15, 0.2) is 48.8 Å². The van der Waals surface area contributed by atoms with Gasteiger partial charge in [-0.25, -0.2) is 0 Å². The lowest BCUT2D eigenvalue weighted by Gasteiger charge is -2.32. The van der Waals surface area contributed by atoms with Gasteiger partial charge >= 0.3 is 0 Å². The number of nitrogens with zero attached hydrogens (tertiary/aromatic N) is 3. The van der Waals surface area contributed by atoms with Gasteiger partial charge < -0.3 is 9.64 Å². The zero-order valence-corrected chi connectivity index (χ0v) is 19.3. The largest absolute Gasteiger partial charge is 0.376 e. The number of aryl methyl sites for hydroxylation is 1. The summed E-state index contributed by atoms with van der Waals surface area (Å²) in [6.45, 7) is 3.31. The lowest BCUT2D eigenvalue weighted by atomic mass is 9.74. The quantitative estimate of drug-likeness (QED) is 0.607. The van der Waals surface area contributed by atoms with E-state index in [1.165, 1.54) is 4.90 Å². The molecular weight excluding hydrogens is 418 g/mol. The van der Waals surface area contributed by atoms with Crippen LogP contribution in [-0.4, -0.2) is 58.8 Å². The molecule has 1 aromatic heterocycles. The number of carbonyl (C=O) groups is 3. The fraction of sp³-hybridized carbons (Fsp3) is 0.462. The number of pyridine rings is 1. The van der Waals surface area contributed by atoms with Gasteiger partial charge in [-0.3, -0.25) is 24.3 Å². The molecule has 0 spiro atoms. The van der Waals surface area contributed by atoms with Gasteiger partial charge in [-0.1, -0.05) is 24.3 Å². The van der Waals surface area contributed by atoms with Crippen molar-refractivity contribution in [1.82, 2.24) is 14.8 Å². The summed E-state index contributed by atoms with van der Waals surface area (Å²) in [5.41, 5.74) is 1.27. The Morgan fingerprint density at radius 2 is 1.94 bits per heavy atom. The van der Waals surface area contributed by atoms with Crippen molar-refractivity contribution in [3.05, 3.63) is 65.5 Å². The van der Waals surface area contributed by atoms with Gasteiger partial charge in [-0.05, 0) is 55.0 Å². The number of likely N-dealkylation sites (N-methyl/N-ethyl adjacent to an activating group) is 1. The Hall–Kier alpha value is -3.06. The monoisotopic (exact) mass is 449 g/mol. The zero-order valence-electron chi connectivity index (χ0n) is 19.3. The smallest absolute Gasteiger partial charge is 0.241 e. The van der Waals surface area contributed by atoms with Gasteiger partial charge in [0.2, 0.25) is 17.7 Å². The van der Waals surface area contributed by atoms with Crippen molar-refractivity contribution in [3.63, 3.8) is 0 Å². The molecular formula is C26H31N3O4. The second-order valence-electron chi connectivity index (χ2n) is 9.15. The normalized spacial score (nSPS) is 23.1. The predicted molar refractivity (Wildman–Crippen MR) is 123 cm³/mol. The standard InChI is InChI=1S/C26H31N3O4/c1-19-7-3-4-9-22(19)26(15-23(30)28(2)18-21-8-5-6-14-33-21)16-24(31)29(25(26)32)17-20-10-12-27-13-11-20/h3-4,7,9-13,21H,5-6,8,14-18H2,1-2H3/t21-,26+/m1/s1. The third kappa shape index (κ3) is 4.83. The number of aromatic nitrogens is 1. The Labute approximate surface area is 194 Å². The summed E-state index contributed by atoms with van der Waals surface area (Å²) in [6.07, 6.45) is 6.32. The van der Waals surface area contributed by atoms with Gasteiger partial charge in [-0.2, -0.15) is 0 Å². The first-order chi connectivity index (χ1) is 15.9. The van der Waals surface area contributed by atoms with Gasteiger partial charge in [0.25, 0.3) is 0 Å². The van der Waals surface area contributed by atoms with E-state index < -0.39 is 5.41 Å². The van der Waals surface area contributed by atoms with Crippen molar-refractivity contribution in [2.45, 2.75) is 57.1 Å². The Morgan fingerprint density at radius 3 is 2.64 bits per heavy atom. The number of hydrogen-bond donors (Lipinski definition) is 0. The van der Waals surface area contributed by atoms with Crippen LogP contribution in [-0.2, 0) is 31.1 Å². The Morgan fingerprint density at radius 1 is 1.18 bits per heavy atom. The van der Waals surface area contributed by atoms with Gasteiger partial charge in [0.05, 0.1) is 18.1 Å². The molecule has 0 bridgehead atoms. The summed E-state index contributed by atoms with van der Waals surface area (Å²) >= 11 is 0. The average Bonchev–Trinajstić information content (AvgIpc) is 3.05. The first-order valence-corrected chi connectivity index (χ1v) is 11.6. The molecule has 0 unspecified atom stereocenters. The number of carbonyl (C=O) groups excluding carboxylic acids is 3. The molecule has 4 rings (SSSR count). The van der Waals surface area contributed by atoms with Crippen LogP contribution in [0.5, 0.6) is 0 Å². The zero-order chi connectivity index (χ0) is 23.4. The summed E-state index contributed by atoms with van der Waals surface area (Å²) in [5.74, 6) is -0.722. The highest BCUT2D eigenvalue weighted by molar-refractivity contribution is 6.10. The van der Waals surface area contributed by atoms with E-state index in [0.29, 0.717) is 6.54 Å². The van der Waals surface area contributed by atoms with Crippen LogP contribution in [0.2, 0.25) is 0 Å². The maximum absolute atomic E-state index is 13.8. The first-order valence-electron chi connectivity index (χ1n) is 11.6. The van der Waals surface area contributed by atoms with E-state index in [2.05, 4.69) is 4.98 Å². The number of rotatable bonds is 7.